The number of carbonyl (C=O) groups excluding carboxylic acids is 3. The molecule has 4 rings (SSSR count). The molecule has 0 heterocycles. The van der Waals surface area contributed by atoms with Crippen LogP contribution < -0.4 is 4.74 Å². The molecular weight excluding hydrogens is 440 g/mol. The summed E-state index contributed by atoms with van der Waals surface area (Å²) in [5.41, 5.74) is 0.914. The lowest BCUT2D eigenvalue weighted by atomic mass is 9.76. The number of ketones is 1. The van der Waals surface area contributed by atoms with Crippen LogP contribution in [-0.2, 0) is 26.3 Å². The first-order chi connectivity index (χ1) is 16.3. The highest BCUT2D eigenvalue weighted by atomic mass is 16.6. The number of ether oxygens (including phenoxy) is 2. The molecule has 1 unspecified atom stereocenters. The summed E-state index contributed by atoms with van der Waals surface area (Å²) in [5.74, 6) is -0.439. The molecule has 5 heteroatoms. The summed E-state index contributed by atoms with van der Waals surface area (Å²) in [7, 11) is 0. The van der Waals surface area contributed by atoms with Crippen molar-refractivity contribution < 1.29 is 23.9 Å². The molecule has 0 saturated heterocycles. The molecule has 0 radical (unpaired) electrons. The van der Waals surface area contributed by atoms with E-state index in [9.17, 15) is 14.4 Å². The van der Waals surface area contributed by atoms with Gasteiger partial charge in [-0.25, -0.2) is 0 Å². The molecule has 2 aliphatic carbocycles. The predicted octanol–water partition coefficient (Wildman–Crippen LogP) is 6.07. The van der Waals surface area contributed by atoms with Gasteiger partial charge in [0.15, 0.2) is 11.4 Å². The number of esters is 2. The predicted molar refractivity (Wildman–Crippen MR) is 134 cm³/mol. The van der Waals surface area contributed by atoms with Gasteiger partial charge >= 0.3 is 11.9 Å². The standard InChI is InChI=1S/C30H32O5/c1-28(2,3)26(32)34-24-15-11-13-20-22(24)18-21-19(25(20)31)12-10-14-23(21)30(16-8-7-9-17-30)35-27(33)29(4,5)6/h7-16H,17-18H2,1-6H3. The number of hydrogen-bond acceptors (Lipinski definition) is 5. The van der Waals surface area contributed by atoms with Crippen molar-refractivity contribution in [3.8, 4) is 5.75 Å². The minimum absolute atomic E-state index is 0.135. The van der Waals surface area contributed by atoms with Gasteiger partial charge in [-0.05, 0) is 59.2 Å². The molecule has 182 valence electrons. The fourth-order valence-electron chi connectivity index (χ4n) is 4.27. The molecule has 2 aliphatic rings. The van der Waals surface area contributed by atoms with Crippen LogP contribution in [0.4, 0.5) is 0 Å². The van der Waals surface area contributed by atoms with Crippen molar-refractivity contribution in [3.05, 3.63) is 88.5 Å². The summed E-state index contributed by atoms with van der Waals surface area (Å²) in [6.07, 6.45) is 8.48. The van der Waals surface area contributed by atoms with Gasteiger partial charge in [-0.15, -0.1) is 0 Å². The zero-order chi connectivity index (χ0) is 25.6. The van der Waals surface area contributed by atoms with Crippen LogP contribution in [0.2, 0.25) is 0 Å². The van der Waals surface area contributed by atoms with Crippen molar-refractivity contribution in [2.45, 2.75) is 60.0 Å². The van der Waals surface area contributed by atoms with Gasteiger partial charge in [-0.3, -0.25) is 14.4 Å². The fourth-order valence-corrected chi connectivity index (χ4v) is 4.27. The molecule has 0 fully saturated rings. The Hall–Kier alpha value is -3.47. The number of carbonyl (C=O) groups is 3. The molecule has 0 bridgehead atoms. The smallest absolute Gasteiger partial charge is 0.316 e. The Labute approximate surface area is 206 Å². The number of benzene rings is 2. The van der Waals surface area contributed by atoms with Crippen molar-refractivity contribution in [1.82, 2.24) is 0 Å². The van der Waals surface area contributed by atoms with Gasteiger partial charge in [0.1, 0.15) is 5.75 Å². The summed E-state index contributed by atoms with van der Waals surface area (Å²) in [4.78, 5) is 39.2. The third-order valence-electron chi connectivity index (χ3n) is 6.34. The lowest BCUT2D eigenvalue weighted by Gasteiger charge is -2.37. The Morgan fingerprint density at radius 2 is 1.46 bits per heavy atom. The molecule has 5 nitrogen and oxygen atoms in total. The van der Waals surface area contributed by atoms with E-state index in [0.717, 1.165) is 11.1 Å². The molecular formula is C30H32O5. The summed E-state index contributed by atoms with van der Waals surface area (Å²) >= 11 is 0. The number of fused-ring (bicyclic) bond motifs is 2. The first kappa shape index (κ1) is 24.6. The molecule has 0 aliphatic heterocycles. The zero-order valence-electron chi connectivity index (χ0n) is 21.2. The second-order valence-electron chi connectivity index (χ2n) is 11.3. The van der Waals surface area contributed by atoms with Crippen molar-refractivity contribution >= 4 is 17.7 Å². The van der Waals surface area contributed by atoms with Crippen LogP contribution in [0.1, 0.15) is 80.6 Å². The van der Waals surface area contributed by atoms with E-state index in [1.54, 1.807) is 45.0 Å². The highest BCUT2D eigenvalue weighted by Gasteiger charge is 2.41. The maximum Gasteiger partial charge on any atom is 0.316 e. The average Bonchev–Trinajstić information content (AvgIpc) is 2.79. The van der Waals surface area contributed by atoms with E-state index in [-0.39, 0.29) is 17.7 Å². The van der Waals surface area contributed by atoms with E-state index in [4.69, 9.17) is 9.47 Å². The monoisotopic (exact) mass is 472 g/mol. The lowest BCUT2D eigenvalue weighted by molar-refractivity contribution is -0.166. The fraction of sp³-hybridized carbons (Fsp3) is 0.367. The maximum absolute atomic E-state index is 13.6. The van der Waals surface area contributed by atoms with Crippen molar-refractivity contribution in [3.63, 3.8) is 0 Å². The van der Waals surface area contributed by atoms with Gasteiger partial charge < -0.3 is 9.47 Å². The Bertz CT molecular complexity index is 1270. The Morgan fingerprint density at radius 3 is 2.06 bits per heavy atom. The normalized spacial score (nSPS) is 19.1. The van der Waals surface area contributed by atoms with Crippen LogP contribution in [0.5, 0.6) is 5.75 Å². The largest absolute Gasteiger partial charge is 0.449 e. The van der Waals surface area contributed by atoms with Crippen molar-refractivity contribution in [2.24, 2.45) is 10.8 Å². The van der Waals surface area contributed by atoms with Crippen LogP contribution in [-0.4, -0.2) is 17.7 Å². The first-order valence-corrected chi connectivity index (χ1v) is 11.9. The van der Waals surface area contributed by atoms with Crippen molar-refractivity contribution in [2.75, 3.05) is 0 Å². The lowest BCUT2D eigenvalue weighted by Crippen LogP contribution is -2.37. The summed E-state index contributed by atoms with van der Waals surface area (Å²) in [5, 5.41) is 0. The van der Waals surface area contributed by atoms with Crippen LogP contribution in [0.25, 0.3) is 0 Å². The Balaban J connectivity index is 1.83. The summed E-state index contributed by atoms with van der Waals surface area (Å²) in [6.45, 7) is 10.8. The Kier molecular flexibility index (Phi) is 6.08. The van der Waals surface area contributed by atoms with Gasteiger partial charge in [-0.2, -0.15) is 0 Å². The zero-order valence-corrected chi connectivity index (χ0v) is 21.2. The van der Waals surface area contributed by atoms with E-state index >= 15 is 0 Å². The van der Waals surface area contributed by atoms with E-state index in [1.807, 2.05) is 57.2 Å². The summed E-state index contributed by atoms with van der Waals surface area (Å²) < 4.78 is 11.9. The molecule has 2 aromatic rings. The van der Waals surface area contributed by atoms with E-state index < -0.39 is 16.4 Å². The first-order valence-electron chi connectivity index (χ1n) is 11.9. The minimum Gasteiger partial charge on any atom is -0.449 e. The van der Waals surface area contributed by atoms with E-state index in [0.29, 0.717) is 35.3 Å². The van der Waals surface area contributed by atoms with Gasteiger partial charge in [0.05, 0.1) is 10.8 Å². The number of rotatable bonds is 3. The molecule has 0 spiro atoms. The molecule has 0 aromatic heterocycles. The molecule has 0 saturated carbocycles. The van der Waals surface area contributed by atoms with Gasteiger partial charge in [0.2, 0.25) is 0 Å². The second-order valence-corrected chi connectivity index (χ2v) is 11.3. The highest BCUT2D eigenvalue weighted by molar-refractivity contribution is 6.13. The average molecular weight is 473 g/mol. The summed E-state index contributed by atoms with van der Waals surface area (Å²) in [6, 6.07) is 10.8. The van der Waals surface area contributed by atoms with Crippen LogP contribution in [0.15, 0.2) is 60.7 Å². The molecule has 0 N–H and O–H groups in total. The van der Waals surface area contributed by atoms with Gasteiger partial charge in [-0.1, -0.05) is 48.6 Å². The maximum atomic E-state index is 13.6. The molecule has 35 heavy (non-hydrogen) atoms. The third kappa shape index (κ3) is 4.60. The molecule has 2 aromatic carbocycles. The van der Waals surface area contributed by atoms with Crippen LogP contribution >= 0.6 is 0 Å². The number of hydrogen-bond donors (Lipinski definition) is 0. The Morgan fingerprint density at radius 1 is 0.829 bits per heavy atom. The van der Waals surface area contributed by atoms with E-state index in [1.165, 1.54) is 0 Å². The SMILES string of the molecule is CC(C)(C)C(=O)Oc1cccc2c1Cc1c(cccc1C1(OC(=O)C(C)(C)C)C=CC=CC1)C2=O. The topological polar surface area (TPSA) is 69.7 Å². The number of allylic oxidation sites excluding steroid dienone is 2. The highest BCUT2D eigenvalue weighted by Crippen LogP contribution is 2.43. The van der Waals surface area contributed by atoms with Crippen LogP contribution in [0.3, 0.4) is 0 Å². The minimum atomic E-state index is -1.03. The van der Waals surface area contributed by atoms with Crippen LogP contribution in [0, 0.1) is 10.8 Å². The molecule has 0 amide bonds. The quantitative estimate of drug-likeness (QED) is 0.342. The van der Waals surface area contributed by atoms with Crippen molar-refractivity contribution in [1.29, 1.82) is 0 Å². The molecule has 1 atom stereocenters. The van der Waals surface area contributed by atoms with E-state index in [2.05, 4.69) is 0 Å². The second kappa shape index (κ2) is 8.63. The van der Waals surface area contributed by atoms with Gasteiger partial charge in [0.25, 0.3) is 0 Å². The third-order valence-corrected chi connectivity index (χ3v) is 6.34. The van der Waals surface area contributed by atoms with Gasteiger partial charge in [0, 0.05) is 35.1 Å².